The van der Waals surface area contributed by atoms with Crippen LogP contribution in [0.25, 0.3) is 0 Å². The van der Waals surface area contributed by atoms with Crippen LogP contribution in [0.2, 0.25) is 0 Å². The molecule has 22 heavy (non-hydrogen) atoms. The highest BCUT2D eigenvalue weighted by molar-refractivity contribution is 5.93. The van der Waals surface area contributed by atoms with E-state index in [1.807, 2.05) is 12.1 Å². The van der Waals surface area contributed by atoms with Gasteiger partial charge in [0, 0.05) is 18.9 Å². The molecule has 2 aromatic heterocycles. The number of ether oxygens (including phenoxy) is 2. The van der Waals surface area contributed by atoms with Crippen LogP contribution in [0.15, 0.2) is 35.2 Å². The molecular weight excluding hydrogens is 286 g/mol. The van der Waals surface area contributed by atoms with E-state index in [0.717, 1.165) is 0 Å². The van der Waals surface area contributed by atoms with Crippen molar-refractivity contribution in [1.29, 1.82) is 0 Å². The molecule has 1 amide bonds. The lowest BCUT2D eigenvalue weighted by Gasteiger charge is -2.31. The van der Waals surface area contributed by atoms with Crippen LogP contribution in [0.1, 0.15) is 22.7 Å². The third-order valence-electron chi connectivity index (χ3n) is 3.49. The summed E-state index contributed by atoms with van der Waals surface area (Å²) in [4.78, 5) is 20.3. The molecular formula is C15H17N3O4. The first-order chi connectivity index (χ1) is 10.7. The molecule has 1 fully saturated rings. The lowest BCUT2D eigenvalue weighted by atomic mass is 10.1. The van der Waals surface area contributed by atoms with Gasteiger partial charge in [-0.25, -0.2) is 9.97 Å². The standard InChI is InChI=1S/C15H17N3O4/c1-10-14(17-9-21-10)15(19)18-11-5-7-20-8-12(11)22-13-4-2-3-6-16-13/h2-4,6,9,11-12H,5,7-8H2,1H3,(H,18,19)/t11-,12-/m1/s1. The fourth-order valence-electron chi connectivity index (χ4n) is 2.33. The van der Waals surface area contributed by atoms with Crippen molar-refractivity contribution in [2.24, 2.45) is 0 Å². The van der Waals surface area contributed by atoms with Gasteiger partial charge in [0.15, 0.2) is 12.1 Å². The summed E-state index contributed by atoms with van der Waals surface area (Å²) in [5.41, 5.74) is 0.295. The van der Waals surface area contributed by atoms with Gasteiger partial charge in [0.2, 0.25) is 5.88 Å². The molecule has 0 spiro atoms. The number of carbonyl (C=O) groups excluding carboxylic acids is 1. The molecule has 0 unspecified atom stereocenters. The van der Waals surface area contributed by atoms with Gasteiger partial charge in [0.05, 0.1) is 12.6 Å². The molecule has 3 rings (SSSR count). The number of aryl methyl sites for hydroxylation is 1. The Labute approximate surface area is 127 Å². The molecule has 116 valence electrons. The second kappa shape index (κ2) is 6.57. The average Bonchev–Trinajstić information content (AvgIpc) is 2.96. The lowest BCUT2D eigenvalue weighted by molar-refractivity contribution is -0.0153. The third-order valence-corrected chi connectivity index (χ3v) is 3.49. The van der Waals surface area contributed by atoms with Crippen LogP contribution in [-0.2, 0) is 4.74 Å². The van der Waals surface area contributed by atoms with Gasteiger partial charge in [-0.05, 0) is 19.4 Å². The molecule has 7 heteroatoms. The van der Waals surface area contributed by atoms with Crippen molar-refractivity contribution in [2.75, 3.05) is 13.2 Å². The van der Waals surface area contributed by atoms with Crippen molar-refractivity contribution in [1.82, 2.24) is 15.3 Å². The van der Waals surface area contributed by atoms with E-state index in [0.29, 0.717) is 37.0 Å². The molecule has 0 bridgehead atoms. The molecule has 2 aromatic rings. The minimum Gasteiger partial charge on any atom is -0.470 e. The molecule has 1 N–H and O–H groups in total. The van der Waals surface area contributed by atoms with Gasteiger partial charge in [0.1, 0.15) is 11.9 Å². The van der Waals surface area contributed by atoms with E-state index in [4.69, 9.17) is 13.9 Å². The summed E-state index contributed by atoms with van der Waals surface area (Å²) >= 11 is 0. The predicted molar refractivity (Wildman–Crippen MR) is 76.6 cm³/mol. The van der Waals surface area contributed by atoms with Crippen molar-refractivity contribution < 1.29 is 18.7 Å². The SMILES string of the molecule is Cc1ocnc1C(=O)N[C@@H]1CCOC[C@H]1Oc1ccccn1. The van der Waals surface area contributed by atoms with E-state index >= 15 is 0 Å². The van der Waals surface area contributed by atoms with Crippen molar-refractivity contribution in [3.63, 3.8) is 0 Å². The van der Waals surface area contributed by atoms with E-state index in [-0.39, 0.29) is 18.1 Å². The number of rotatable bonds is 4. The van der Waals surface area contributed by atoms with Crippen LogP contribution < -0.4 is 10.1 Å². The van der Waals surface area contributed by atoms with Crippen molar-refractivity contribution in [3.8, 4) is 5.88 Å². The minimum absolute atomic E-state index is 0.167. The first kappa shape index (κ1) is 14.5. The number of amides is 1. The predicted octanol–water partition coefficient (Wildman–Crippen LogP) is 1.34. The Kier molecular flexibility index (Phi) is 4.34. The Bertz CT molecular complexity index is 629. The highest BCUT2D eigenvalue weighted by atomic mass is 16.5. The topological polar surface area (TPSA) is 86.5 Å². The van der Waals surface area contributed by atoms with E-state index in [1.54, 1.807) is 19.2 Å². The van der Waals surface area contributed by atoms with Gasteiger partial charge in [-0.2, -0.15) is 0 Å². The van der Waals surface area contributed by atoms with Gasteiger partial charge in [-0.3, -0.25) is 4.79 Å². The maximum absolute atomic E-state index is 12.2. The Hall–Kier alpha value is -2.41. The molecule has 1 aliphatic rings. The maximum atomic E-state index is 12.2. The monoisotopic (exact) mass is 303 g/mol. The molecule has 7 nitrogen and oxygen atoms in total. The van der Waals surface area contributed by atoms with Crippen molar-refractivity contribution in [2.45, 2.75) is 25.5 Å². The fourth-order valence-corrected chi connectivity index (χ4v) is 2.33. The number of hydrogen-bond donors (Lipinski definition) is 1. The molecule has 1 saturated heterocycles. The Morgan fingerprint density at radius 3 is 3.05 bits per heavy atom. The molecule has 0 saturated carbocycles. The van der Waals surface area contributed by atoms with Crippen LogP contribution in [0.3, 0.4) is 0 Å². The third kappa shape index (κ3) is 3.25. The largest absolute Gasteiger partial charge is 0.470 e. The number of hydrogen-bond acceptors (Lipinski definition) is 6. The summed E-state index contributed by atoms with van der Waals surface area (Å²) in [5.74, 6) is 0.731. The van der Waals surface area contributed by atoms with Gasteiger partial charge in [-0.1, -0.05) is 6.07 Å². The smallest absolute Gasteiger partial charge is 0.273 e. The van der Waals surface area contributed by atoms with Gasteiger partial charge in [0.25, 0.3) is 5.91 Å². The van der Waals surface area contributed by atoms with Crippen LogP contribution in [0.4, 0.5) is 0 Å². The first-order valence-electron chi connectivity index (χ1n) is 7.10. The van der Waals surface area contributed by atoms with E-state index in [2.05, 4.69) is 15.3 Å². The highest BCUT2D eigenvalue weighted by Crippen LogP contribution is 2.16. The summed E-state index contributed by atoms with van der Waals surface area (Å²) in [6.45, 7) is 2.68. The van der Waals surface area contributed by atoms with Crippen LogP contribution in [0, 0.1) is 6.92 Å². The summed E-state index contributed by atoms with van der Waals surface area (Å²) in [5, 5.41) is 2.94. The molecule has 2 atom stereocenters. The Morgan fingerprint density at radius 1 is 1.41 bits per heavy atom. The summed E-state index contributed by atoms with van der Waals surface area (Å²) in [6, 6.07) is 5.27. The first-order valence-corrected chi connectivity index (χ1v) is 7.10. The van der Waals surface area contributed by atoms with E-state index in [9.17, 15) is 4.79 Å². The Morgan fingerprint density at radius 2 is 2.32 bits per heavy atom. The average molecular weight is 303 g/mol. The van der Waals surface area contributed by atoms with Crippen LogP contribution in [-0.4, -0.2) is 41.2 Å². The van der Waals surface area contributed by atoms with Crippen molar-refractivity contribution >= 4 is 5.91 Å². The molecule has 0 aliphatic carbocycles. The number of pyridine rings is 1. The molecule has 0 aromatic carbocycles. The van der Waals surface area contributed by atoms with Gasteiger partial charge >= 0.3 is 0 Å². The second-order valence-electron chi connectivity index (χ2n) is 5.02. The summed E-state index contributed by atoms with van der Waals surface area (Å²) in [6.07, 6.45) is 3.29. The normalized spacial score (nSPS) is 21.3. The number of oxazole rings is 1. The molecule has 3 heterocycles. The van der Waals surface area contributed by atoms with Crippen LogP contribution >= 0.6 is 0 Å². The van der Waals surface area contributed by atoms with Crippen LogP contribution in [0.5, 0.6) is 5.88 Å². The molecule has 0 radical (unpaired) electrons. The van der Waals surface area contributed by atoms with E-state index in [1.165, 1.54) is 6.39 Å². The van der Waals surface area contributed by atoms with E-state index < -0.39 is 0 Å². The number of nitrogens with zero attached hydrogens (tertiary/aromatic N) is 2. The van der Waals surface area contributed by atoms with Crippen molar-refractivity contribution in [3.05, 3.63) is 42.2 Å². The zero-order chi connectivity index (χ0) is 15.4. The highest BCUT2D eigenvalue weighted by Gasteiger charge is 2.30. The summed E-state index contributed by atoms with van der Waals surface area (Å²) in [7, 11) is 0. The quantitative estimate of drug-likeness (QED) is 0.917. The maximum Gasteiger partial charge on any atom is 0.273 e. The fraction of sp³-hybridized carbons (Fsp3) is 0.400. The summed E-state index contributed by atoms with van der Waals surface area (Å²) < 4.78 is 16.3. The number of aromatic nitrogens is 2. The number of carbonyl (C=O) groups is 1. The Balaban J connectivity index is 1.67. The minimum atomic E-state index is -0.292. The number of nitrogens with one attached hydrogen (secondary N) is 1. The van der Waals surface area contributed by atoms with Gasteiger partial charge < -0.3 is 19.2 Å². The zero-order valence-corrected chi connectivity index (χ0v) is 12.2. The molecule has 1 aliphatic heterocycles. The van der Waals surface area contributed by atoms with Gasteiger partial charge in [-0.15, -0.1) is 0 Å². The second-order valence-corrected chi connectivity index (χ2v) is 5.02. The lowest BCUT2D eigenvalue weighted by Crippen LogP contribution is -2.51. The zero-order valence-electron chi connectivity index (χ0n) is 12.2.